The summed E-state index contributed by atoms with van der Waals surface area (Å²) in [5, 5.41) is 12.7. The Kier molecular flexibility index (Phi) is 5.45. The number of carbonyl (C=O) groups excluding carboxylic acids is 1. The minimum Gasteiger partial charge on any atom is -0.382 e. The van der Waals surface area contributed by atoms with Crippen LogP contribution in [0.5, 0.6) is 0 Å². The summed E-state index contributed by atoms with van der Waals surface area (Å²) in [4.78, 5) is 12.5. The van der Waals surface area contributed by atoms with Crippen molar-refractivity contribution in [3.8, 4) is 6.07 Å². The van der Waals surface area contributed by atoms with Crippen molar-refractivity contribution in [2.45, 2.75) is 31.0 Å². The van der Waals surface area contributed by atoms with Crippen LogP contribution in [0, 0.1) is 11.3 Å². The number of nitriles is 1. The van der Waals surface area contributed by atoms with Crippen LogP contribution in [0.4, 0.5) is 5.82 Å². The first-order valence-corrected chi connectivity index (χ1v) is 10.2. The second kappa shape index (κ2) is 7.52. The Labute approximate surface area is 167 Å². The summed E-state index contributed by atoms with van der Waals surface area (Å²) in [7, 11) is -3.95. The van der Waals surface area contributed by atoms with E-state index in [1.807, 2.05) is 6.07 Å². The maximum absolute atomic E-state index is 13.1. The molecule has 3 rings (SSSR count). The molecule has 2 unspecified atom stereocenters. The van der Waals surface area contributed by atoms with Gasteiger partial charge in [0.15, 0.2) is 0 Å². The number of morpholine rings is 1. The molecule has 1 aromatic heterocycles. The Balaban J connectivity index is 2.00. The Morgan fingerprint density at radius 2 is 2.00 bits per heavy atom. The highest BCUT2D eigenvalue weighted by molar-refractivity contribution is 7.89. The van der Waals surface area contributed by atoms with Crippen LogP contribution in [0.25, 0.3) is 0 Å². The van der Waals surface area contributed by atoms with Crippen molar-refractivity contribution in [2.75, 3.05) is 18.8 Å². The van der Waals surface area contributed by atoms with Crippen LogP contribution in [-0.4, -0.2) is 53.7 Å². The van der Waals surface area contributed by atoms with Gasteiger partial charge in [0.25, 0.3) is 5.91 Å². The van der Waals surface area contributed by atoms with Gasteiger partial charge in [-0.05, 0) is 32.0 Å². The molecule has 0 amide bonds. The molecule has 1 fully saturated rings. The van der Waals surface area contributed by atoms with E-state index in [-0.39, 0.29) is 52.2 Å². The second-order valence-corrected chi connectivity index (χ2v) is 8.81. The number of hydrogen-bond acceptors (Lipinski definition) is 7. The summed E-state index contributed by atoms with van der Waals surface area (Å²) in [6.45, 7) is 3.93. The molecular formula is C17H18ClN5O4S. The average Bonchev–Trinajstić information content (AvgIpc) is 3.01. The Hall–Kier alpha value is -2.45. The number of benzene rings is 1. The third-order valence-electron chi connectivity index (χ3n) is 4.30. The van der Waals surface area contributed by atoms with Gasteiger partial charge in [-0.2, -0.15) is 19.3 Å². The Bertz CT molecular complexity index is 1070. The van der Waals surface area contributed by atoms with Crippen LogP contribution >= 0.6 is 11.6 Å². The minimum absolute atomic E-state index is 0.00509. The summed E-state index contributed by atoms with van der Waals surface area (Å²) in [5.41, 5.74) is 5.82. The fourth-order valence-electron chi connectivity index (χ4n) is 3.03. The van der Waals surface area contributed by atoms with Gasteiger partial charge < -0.3 is 10.5 Å². The van der Waals surface area contributed by atoms with Gasteiger partial charge in [-0.1, -0.05) is 11.6 Å². The van der Waals surface area contributed by atoms with E-state index in [4.69, 9.17) is 27.3 Å². The number of anilines is 1. The lowest BCUT2D eigenvalue weighted by Crippen LogP contribution is -2.48. The lowest BCUT2D eigenvalue weighted by Gasteiger charge is -2.34. The van der Waals surface area contributed by atoms with Crippen LogP contribution in [-0.2, 0) is 14.8 Å². The SMILES string of the molecule is CC1CN(S(=O)(=O)c2cc(C(=O)n3ncc(C#N)c3N)ccc2Cl)CC(C)O1. The molecule has 0 bridgehead atoms. The molecule has 11 heteroatoms. The molecule has 1 aliphatic rings. The number of nitrogens with zero attached hydrogens (tertiary/aromatic N) is 4. The molecular weight excluding hydrogens is 406 g/mol. The summed E-state index contributed by atoms with van der Waals surface area (Å²) in [6.07, 6.45) is 0.628. The van der Waals surface area contributed by atoms with Gasteiger partial charge >= 0.3 is 0 Å². The Morgan fingerprint density at radius 3 is 2.57 bits per heavy atom. The first kappa shape index (κ1) is 20.3. The first-order chi connectivity index (χ1) is 13.1. The number of rotatable bonds is 3. The summed E-state index contributed by atoms with van der Waals surface area (Å²) in [5.74, 6) is -0.793. The van der Waals surface area contributed by atoms with Crippen molar-refractivity contribution in [2.24, 2.45) is 0 Å². The van der Waals surface area contributed by atoms with Crippen molar-refractivity contribution < 1.29 is 17.9 Å². The van der Waals surface area contributed by atoms with E-state index in [1.54, 1.807) is 13.8 Å². The van der Waals surface area contributed by atoms with Crippen molar-refractivity contribution in [1.82, 2.24) is 14.1 Å². The standard InChI is InChI=1S/C17H18ClN5O4S/c1-10-8-22(9-11(2)27-10)28(25,26)15-5-12(3-4-14(15)18)17(24)23-16(20)13(6-19)7-21-23/h3-5,7,10-11H,8-9,20H2,1-2H3. The molecule has 2 aromatic rings. The fourth-order valence-corrected chi connectivity index (χ4v) is 5.12. The van der Waals surface area contributed by atoms with E-state index in [0.29, 0.717) is 0 Å². The van der Waals surface area contributed by atoms with E-state index in [0.717, 1.165) is 10.9 Å². The first-order valence-electron chi connectivity index (χ1n) is 8.38. The zero-order valence-electron chi connectivity index (χ0n) is 15.2. The number of nitrogens with two attached hydrogens (primary N) is 1. The van der Waals surface area contributed by atoms with Crippen molar-refractivity contribution in [3.63, 3.8) is 0 Å². The van der Waals surface area contributed by atoms with Gasteiger partial charge in [-0.15, -0.1) is 0 Å². The molecule has 1 aromatic carbocycles. The molecule has 0 spiro atoms. The summed E-state index contributed by atoms with van der Waals surface area (Å²) in [6, 6.07) is 5.72. The van der Waals surface area contributed by atoms with Crippen LogP contribution in [0.3, 0.4) is 0 Å². The normalized spacial score (nSPS) is 20.6. The van der Waals surface area contributed by atoms with E-state index >= 15 is 0 Å². The number of sulfonamides is 1. The lowest BCUT2D eigenvalue weighted by atomic mass is 10.2. The molecule has 9 nitrogen and oxygen atoms in total. The third kappa shape index (κ3) is 3.62. The van der Waals surface area contributed by atoms with Gasteiger partial charge in [-0.3, -0.25) is 4.79 Å². The predicted molar refractivity (Wildman–Crippen MR) is 101 cm³/mol. The molecule has 28 heavy (non-hydrogen) atoms. The maximum atomic E-state index is 13.1. The van der Waals surface area contributed by atoms with Gasteiger partial charge in [0.05, 0.1) is 23.4 Å². The topological polar surface area (TPSA) is 131 Å². The van der Waals surface area contributed by atoms with Crippen LogP contribution < -0.4 is 5.73 Å². The van der Waals surface area contributed by atoms with E-state index in [2.05, 4.69) is 5.10 Å². The van der Waals surface area contributed by atoms with Gasteiger partial charge in [0.1, 0.15) is 22.3 Å². The van der Waals surface area contributed by atoms with Crippen molar-refractivity contribution in [3.05, 3.63) is 40.5 Å². The fraction of sp³-hybridized carbons (Fsp3) is 0.353. The molecule has 1 aliphatic heterocycles. The average molecular weight is 424 g/mol. The second-order valence-electron chi connectivity index (χ2n) is 6.50. The summed E-state index contributed by atoms with van der Waals surface area (Å²) < 4.78 is 33.9. The molecule has 0 aliphatic carbocycles. The number of nitrogen functional groups attached to an aromatic ring is 1. The van der Waals surface area contributed by atoms with Gasteiger partial charge in [0.2, 0.25) is 10.0 Å². The van der Waals surface area contributed by atoms with Crippen LogP contribution in [0.1, 0.15) is 29.8 Å². The monoisotopic (exact) mass is 423 g/mol. The molecule has 1 saturated heterocycles. The van der Waals surface area contributed by atoms with Gasteiger partial charge in [-0.25, -0.2) is 8.42 Å². The van der Waals surface area contributed by atoms with Crippen LogP contribution in [0.2, 0.25) is 5.02 Å². The zero-order chi connectivity index (χ0) is 20.6. The molecule has 2 heterocycles. The van der Waals surface area contributed by atoms with E-state index in [9.17, 15) is 13.2 Å². The smallest absolute Gasteiger partial charge is 0.280 e. The molecule has 148 valence electrons. The number of hydrogen-bond donors (Lipinski definition) is 1. The molecule has 0 radical (unpaired) electrons. The number of aromatic nitrogens is 2. The lowest BCUT2D eigenvalue weighted by molar-refractivity contribution is -0.0440. The third-order valence-corrected chi connectivity index (χ3v) is 6.61. The van der Waals surface area contributed by atoms with Gasteiger partial charge in [0, 0.05) is 18.7 Å². The largest absolute Gasteiger partial charge is 0.382 e. The molecule has 2 N–H and O–H groups in total. The number of halogens is 1. The van der Waals surface area contributed by atoms with E-state index < -0.39 is 15.9 Å². The quantitative estimate of drug-likeness (QED) is 0.790. The highest BCUT2D eigenvalue weighted by atomic mass is 35.5. The van der Waals surface area contributed by atoms with Crippen molar-refractivity contribution in [1.29, 1.82) is 5.26 Å². The number of ether oxygens (including phenoxy) is 1. The Morgan fingerprint density at radius 1 is 1.36 bits per heavy atom. The zero-order valence-corrected chi connectivity index (χ0v) is 16.7. The maximum Gasteiger partial charge on any atom is 0.280 e. The van der Waals surface area contributed by atoms with Crippen LogP contribution in [0.15, 0.2) is 29.3 Å². The minimum atomic E-state index is -3.95. The highest BCUT2D eigenvalue weighted by Crippen LogP contribution is 2.28. The molecule has 0 saturated carbocycles. The van der Waals surface area contributed by atoms with Crippen molar-refractivity contribution >= 4 is 33.3 Å². The summed E-state index contributed by atoms with van der Waals surface area (Å²) >= 11 is 6.14. The predicted octanol–water partition coefficient (Wildman–Crippen LogP) is 1.48. The molecule has 2 atom stereocenters. The highest BCUT2D eigenvalue weighted by Gasteiger charge is 2.34. The van der Waals surface area contributed by atoms with E-state index in [1.165, 1.54) is 22.5 Å². The number of carbonyl (C=O) groups is 1.